The standard InChI is InChI=1S/C22H24F3NO3/c1-13(2)7-15-9-17(20-18(10-15)21(3,4)12-28-20)16-8-14(11-26-27)5-6-19(16)29-22(23,24)25/h5-6,8-11,13,27H,7,12H2,1-4H3/b26-11-. The molecule has 1 aliphatic heterocycles. The molecular weight excluding hydrogens is 383 g/mol. The molecule has 0 saturated heterocycles. The summed E-state index contributed by atoms with van der Waals surface area (Å²) in [5.74, 6) is 0.613. The van der Waals surface area contributed by atoms with Crippen molar-refractivity contribution < 1.29 is 27.9 Å². The molecule has 0 atom stereocenters. The minimum absolute atomic E-state index is 0.235. The SMILES string of the molecule is CC(C)Cc1cc(-c2cc(/C=N\O)ccc2OC(F)(F)F)c2c(c1)C(C)(C)CO2. The predicted octanol–water partition coefficient (Wildman–Crippen LogP) is 5.93. The summed E-state index contributed by atoms with van der Waals surface area (Å²) in [7, 11) is 0. The Bertz CT molecular complexity index is 934. The number of hydrogen-bond donors (Lipinski definition) is 1. The maximum absolute atomic E-state index is 13.0. The van der Waals surface area contributed by atoms with Gasteiger partial charge in [-0.2, -0.15) is 0 Å². The molecule has 2 aromatic carbocycles. The van der Waals surface area contributed by atoms with Crippen LogP contribution in [0, 0.1) is 5.92 Å². The summed E-state index contributed by atoms with van der Waals surface area (Å²) < 4.78 is 49.3. The van der Waals surface area contributed by atoms with E-state index in [1.165, 1.54) is 18.2 Å². The average molecular weight is 407 g/mol. The summed E-state index contributed by atoms with van der Waals surface area (Å²) in [4.78, 5) is 0. The lowest BCUT2D eigenvalue weighted by molar-refractivity contribution is -0.274. The molecule has 29 heavy (non-hydrogen) atoms. The summed E-state index contributed by atoms with van der Waals surface area (Å²) in [6.07, 6.45) is -2.90. The van der Waals surface area contributed by atoms with Crippen LogP contribution in [0.25, 0.3) is 11.1 Å². The second-order valence-corrected chi connectivity index (χ2v) is 8.34. The Balaban J connectivity index is 2.26. The summed E-state index contributed by atoms with van der Waals surface area (Å²) in [6.45, 7) is 8.71. The zero-order valence-electron chi connectivity index (χ0n) is 16.8. The lowest BCUT2D eigenvalue weighted by Crippen LogP contribution is -2.18. The van der Waals surface area contributed by atoms with E-state index in [0.29, 0.717) is 29.4 Å². The molecule has 0 radical (unpaired) electrons. The van der Waals surface area contributed by atoms with E-state index in [0.717, 1.165) is 23.8 Å². The second-order valence-electron chi connectivity index (χ2n) is 8.34. The summed E-state index contributed by atoms with van der Waals surface area (Å²) >= 11 is 0. The van der Waals surface area contributed by atoms with Crippen LogP contribution in [0.5, 0.6) is 11.5 Å². The number of halogens is 3. The highest BCUT2D eigenvalue weighted by atomic mass is 19.4. The van der Waals surface area contributed by atoms with Crippen molar-refractivity contribution in [2.75, 3.05) is 6.61 Å². The maximum Gasteiger partial charge on any atom is 0.573 e. The molecule has 156 valence electrons. The molecule has 0 aliphatic carbocycles. The van der Waals surface area contributed by atoms with Gasteiger partial charge in [0.1, 0.15) is 11.5 Å². The van der Waals surface area contributed by atoms with Crippen molar-refractivity contribution in [2.45, 2.75) is 45.9 Å². The lowest BCUT2D eigenvalue weighted by Gasteiger charge is -2.19. The van der Waals surface area contributed by atoms with Gasteiger partial charge in [0.15, 0.2) is 0 Å². The number of rotatable bonds is 5. The first kappa shape index (κ1) is 21.0. The van der Waals surface area contributed by atoms with Crippen LogP contribution in [0.4, 0.5) is 13.2 Å². The first-order valence-electron chi connectivity index (χ1n) is 9.38. The normalized spacial score (nSPS) is 15.6. The molecule has 0 saturated carbocycles. The molecule has 3 rings (SSSR count). The smallest absolute Gasteiger partial charge is 0.492 e. The van der Waals surface area contributed by atoms with Gasteiger partial charge in [-0.3, -0.25) is 0 Å². The van der Waals surface area contributed by atoms with Crippen LogP contribution < -0.4 is 9.47 Å². The Labute approximate surface area is 167 Å². The fraction of sp³-hybridized carbons (Fsp3) is 0.409. The Hall–Kier alpha value is -2.70. The van der Waals surface area contributed by atoms with Crippen molar-refractivity contribution >= 4 is 6.21 Å². The lowest BCUT2D eigenvalue weighted by atomic mass is 9.83. The zero-order chi connectivity index (χ0) is 21.4. The van der Waals surface area contributed by atoms with Crippen LogP contribution >= 0.6 is 0 Å². The van der Waals surface area contributed by atoms with Gasteiger partial charge in [0, 0.05) is 22.1 Å². The molecule has 2 aromatic rings. The van der Waals surface area contributed by atoms with Gasteiger partial charge >= 0.3 is 6.36 Å². The Morgan fingerprint density at radius 1 is 1.21 bits per heavy atom. The number of oxime groups is 1. The Morgan fingerprint density at radius 3 is 2.55 bits per heavy atom. The van der Waals surface area contributed by atoms with Crippen LogP contribution in [0.3, 0.4) is 0 Å². The molecule has 0 amide bonds. The van der Waals surface area contributed by atoms with E-state index >= 15 is 0 Å². The molecule has 0 bridgehead atoms. The number of benzene rings is 2. The molecule has 0 fully saturated rings. The third-order valence-electron chi connectivity index (χ3n) is 4.83. The highest BCUT2D eigenvalue weighted by molar-refractivity contribution is 5.86. The molecule has 1 aliphatic rings. The predicted molar refractivity (Wildman–Crippen MR) is 105 cm³/mol. The molecule has 1 N–H and O–H groups in total. The van der Waals surface area contributed by atoms with Gasteiger partial charge in [0.25, 0.3) is 0 Å². The van der Waals surface area contributed by atoms with Gasteiger partial charge in [-0.05, 0) is 47.7 Å². The van der Waals surface area contributed by atoms with E-state index in [2.05, 4.69) is 29.8 Å². The minimum atomic E-state index is -4.83. The van der Waals surface area contributed by atoms with Crippen LogP contribution in [-0.4, -0.2) is 24.4 Å². The highest BCUT2D eigenvalue weighted by Gasteiger charge is 2.36. The van der Waals surface area contributed by atoms with E-state index in [-0.39, 0.29) is 16.7 Å². The van der Waals surface area contributed by atoms with Gasteiger partial charge in [0.2, 0.25) is 0 Å². The first-order valence-corrected chi connectivity index (χ1v) is 9.38. The van der Waals surface area contributed by atoms with E-state index in [9.17, 15) is 13.2 Å². The largest absolute Gasteiger partial charge is 0.573 e. The monoisotopic (exact) mass is 407 g/mol. The van der Waals surface area contributed by atoms with Crippen molar-refractivity contribution in [3.05, 3.63) is 47.0 Å². The van der Waals surface area contributed by atoms with Crippen molar-refractivity contribution in [2.24, 2.45) is 11.1 Å². The second kappa shape index (κ2) is 7.61. The van der Waals surface area contributed by atoms with Gasteiger partial charge in [-0.25, -0.2) is 0 Å². The number of fused-ring (bicyclic) bond motifs is 1. The molecule has 7 heteroatoms. The first-order chi connectivity index (χ1) is 13.5. The van der Waals surface area contributed by atoms with Gasteiger partial charge in [-0.15, -0.1) is 13.2 Å². The van der Waals surface area contributed by atoms with Crippen molar-refractivity contribution in [3.63, 3.8) is 0 Å². The maximum atomic E-state index is 13.0. The van der Waals surface area contributed by atoms with Crippen LogP contribution in [-0.2, 0) is 11.8 Å². The highest BCUT2D eigenvalue weighted by Crippen LogP contribution is 2.48. The molecule has 4 nitrogen and oxygen atoms in total. The molecule has 0 aromatic heterocycles. The summed E-state index contributed by atoms with van der Waals surface area (Å²) in [6, 6.07) is 8.06. The van der Waals surface area contributed by atoms with E-state index < -0.39 is 6.36 Å². The molecule has 1 heterocycles. The van der Waals surface area contributed by atoms with Crippen LogP contribution in [0.1, 0.15) is 44.4 Å². The van der Waals surface area contributed by atoms with Crippen LogP contribution in [0.2, 0.25) is 0 Å². The van der Waals surface area contributed by atoms with E-state index in [1.807, 2.05) is 19.9 Å². The number of alkyl halides is 3. The fourth-order valence-corrected chi connectivity index (χ4v) is 3.59. The fourth-order valence-electron chi connectivity index (χ4n) is 3.59. The number of hydrogen-bond acceptors (Lipinski definition) is 4. The summed E-state index contributed by atoms with van der Waals surface area (Å²) in [5.41, 5.74) is 2.94. The van der Waals surface area contributed by atoms with Gasteiger partial charge in [0.05, 0.1) is 12.8 Å². The summed E-state index contributed by atoms with van der Waals surface area (Å²) in [5, 5.41) is 11.8. The number of ether oxygens (including phenoxy) is 2. The van der Waals surface area contributed by atoms with E-state index in [4.69, 9.17) is 9.94 Å². The minimum Gasteiger partial charge on any atom is -0.492 e. The molecule has 0 unspecified atom stereocenters. The molecular formula is C22H24F3NO3. The molecule has 0 spiro atoms. The van der Waals surface area contributed by atoms with Crippen LogP contribution in [0.15, 0.2) is 35.5 Å². The third kappa shape index (κ3) is 4.66. The van der Waals surface area contributed by atoms with Crippen molar-refractivity contribution in [3.8, 4) is 22.6 Å². The third-order valence-corrected chi connectivity index (χ3v) is 4.83. The Kier molecular flexibility index (Phi) is 5.52. The van der Waals surface area contributed by atoms with E-state index in [1.54, 1.807) is 0 Å². The van der Waals surface area contributed by atoms with Crippen molar-refractivity contribution in [1.29, 1.82) is 0 Å². The van der Waals surface area contributed by atoms with Crippen molar-refractivity contribution in [1.82, 2.24) is 0 Å². The number of nitrogens with zero attached hydrogens (tertiary/aromatic N) is 1. The van der Waals surface area contributed by atoms with Gasteiger partial charge < -0.3 is 14.7 Å². The quantitative estimate of drug-likeness (QED) is 0.380. The zero-order valence-corrected chi connectivity index (χ0v) is 16.8. The topological polar surface area (TPSA) is 51.1 Å². The van der Waals surface area contributed by atoms with Gasteiger partial charge in [-0.1, -0.05) is 38.9 Å². The Morgan fingerprint density at radius 2 is 1.93 bits per heavy atom. The average Bonchev–Trinajstić information content (AvgIpc) is 2.89.